The van der Waals surface area contributed by atoms with Crippen LogP contribution in [0.1, 0.15) is 168 Å². The summed E-state index contributed by atoms with van der Waals surface area (Å²) in [7, 11) is 3.61. The lowest BCUT2D eigenvalue weighted by Gasteiger charge is -2.13. The number of anilines is 5. The number of carboxylic acids is 1. The number of Topliss-reactive ketones (excluding diaryl/α,β-unsaturated/α-hetero) is 4. The number of aromatic nitrogens is 4. The Labute approximate surface area is 617 Å². The third kappa shape index (κ3) is 31.3. The molecule has 0 saturated heterocycles. The van der Waals surface area contributed by atoms with Gasteiger partial charge in [0.25, 0.3) is 0 Å². The number of guanidine groups is 1. The largest absolute Gasteiger partial charge is 0.507 e. The molecule has 554 valence electrons. The summed E-state index contributed by atoms with van der Waals surface area (Å²) in [6, 6.07) is 55.9. The van der Waals surface area contributed by atoms with Crippen molar-refractivity contribution in [1.82, 2.24) is 24.8 Å². The van der Waals surface area contributed by atoms with E-state index >= 15 is 0 Å². The molecule has 0 amide bonds. The zero-order valence-corrected chi connectivity index (χ0v) is 63.2. The van der Waals surface area contributed by atoms with Crippen LogP contribution in [0, 0.1) is 27.7 Å². The fourth-order valence-electron chi connectivity index (χ4n) is 8.48. The van der Waals surface area contributed by atoms with Gasteiger partial charge in [0.05, 0.1) is 33.8 Å². The minimum atomic E-state index is -1.19. The molecule has 0 unspecified atom stereocenters. The first kappa shape index (κ1) is 90.2. The van der Waals surface area contributed by atoms with Crippen molar-refractivity contribution in [1.29, 1.82) is 0 Å². The highest BCUT2D eigenvalue weighted by Gasteiger charge is 2.18. The van der Waals surface area contributed by atoms with Crippen LogP contribution in [0.25, 0.3) is 22.5 Å². The van der Waals surface area contributed by atoms with Gasteiger partial charge in [-0.15, -0.1) is 0 Å². The second-order valence-corrected chi connectivity index (χ2v) is 21.6. The standard InChI is InChI=1S/C20H19N3O2.C19H17N3O3.C13H15NO3.C10H10O3.C7H9N3.C6H7N.4C2H6/c1-12-13(2)21-20(22-16-7-5-4-6-8-16)23-19(12)15-9-10-18(25)17(11-15)14(3)24;1-11-12(2)20-19(21-14-6-4-3-5-7-14)22-17(11)13-8-9-16(23)15(10-13)18(24)25;1-9(15)11-8-10(4-5-13(11)17)12(16)6-7-14(2)3;1-6(11)8-3-4-10(13)9(5-8)7(2)12;8-7(9)10-6-4-2-1-3-5-6;7-6-4-2-1-3-5-6;4*1-2/h4-11,25H,1-3H3,(H,21,22,23);3-10,23H,1-2H3,(H,24,25)(H,20,21,22);4-8,17H,1-3H3;3-5,13H,1-2H3;1-5H,(H4,8,9,10);1-5H,7H2;4*1-2H3/b;;7-6+;;;;;;;. The van der Waals surface area contributed by atoms with Crippen LogP contribution in [0.15, 0.2) is 211 Å². The topological polar surface area (TPSA) is 373 Å². The molecule has 0 spiro atoms. The number of carbonyl (C=O) groups is 6. The normalized spacial score (nSPS) is 9.54. The van der Waals surface area contributed by atoms with Crippen molar-refractivity contribution in [3.8, 4) is 45.5 Å². The number of para-hydroxylation sites is 4. The van der Waals surface area contributed by atoms with Crippen LogP contribution >= 0.6 is 0 Å². The Balaban J connectivity index is 0.000000643. The minimum Gasteiger partial charge on any atom is -0.507 e. The zero-order valence-electron chi connectivity index (χ0n) is 63.2. The monoisotopic (exact) mass is 1430 g/mol. The van der Waals surface area contributed by atoms with E-state index < -0.39 is 5.97 Å². The van der Waals surface area contributed by atoms with Crippen LogP contribution in [0.2, 0.25) is 0 Å². The van der Waals surface area contributed by atoms with Gasteiger partial charge in [0.2, 0.25) is 11.9 Å². The molecule has 0 bridgehead atoms. The predicted octanol–water partition coefficient (Wildman–Crippen LogP) is 17.9. The quantitative estimate of drug-likeness (QED) is 0.0150. The lowest BCUT2D eigenvalue weighted by atomic mass is 10.0. The molecular weight excluding hydrogens is 1330 g/mol. The lowest BCUT2D eigenvalue weighted by molar-refractivity contribution is 0.0692. The van der Waals surface area contributed by atoms with Crippen LogP contribution in [-0.2, 0) is 0 Å². The first-order valence-electron chi connectivity index (χ1n) is 33.8. The smallest absolute Gasteiger partial charge is 0.339 e. The van der Waals surface area contributed by atoms with Gasteiger partial charge < -0.3 is 58.3 Å². The fraction of sp³-hybridized carbons (Fsp3) is 0.217. The van der Waals surface area contributed by atoms with Crippen molar-refractivity contribution in [2.24, 2.45) is 16.5 Å². The molecule has 8 aromatic carbocycles. The zero-order chi connectivity index (χ0) is 79.5. The first-order chi connectivity index (χ1) is 50.0. The van der Waals surface area contributed by atoms with Gasteiger partial charge in [-0.3, -0.25) is 24.0 Å². The van der Waals surface area contributed by atoms with E-state index in [0.717, 1.165) is 56.5 Å². The van der Waals surface area contributed by atoms with Crippen LogP contribution in [0.3, 0.4) is 0 Å². The number of aryl methyl sites for hydroxylation is 2. The number of rotatable bonds is 15. The molecule has 13 N–H and O–H groups in total. The maximum atomic E-state index is 11.7. The number of hydrogen-bond donors (Lipinski definition) is 10. The second-order valence-electron chi connectivity index (χ2n) is 21.6. The van der Waals surface area contributed by atoms with Crippen molar-refractivity contribution in [2.45, 2.75) is 111 Å². The summed E-state index contributed by atoms with van der Waals surface area (Å²) < 4.78 is 0. The SMILES string of the molecule is CC.CC.CC.CC.CC(=O)c1cc(-c2nc(Nc3ccccc3)nc(C)c2C)ccc1O.CC(=O)c1cc(C(=O)/C=C/N(C)C)ccc1O.CC(=O)c1ccc(O)c(C(C)=O)c1.Cc1nc(Nc2ccccc2)nc(-c2ccc(O)c(C(=O)O)c2)c1C.NC(N)=Nc1ccccc1.Nc1ccccc1. The molecule has 10 rings (SSSR count). The number of allylic oxidation sites excluding steroid dienone is 1. The lowest BCUT2D eigenvalue weighted by Crippen LogP contribution is -2.21. The Morgan fingerprint density at radius 2 is 0.762 bits per heavy atom. The number of benzene rings is 8. The van der Waals surface area contributed by atoms with Crippen molar-refractivity contribution >= 4 is 75.5 Å². The number of phenolic OH excluding ortho intramolecular Hbond substituents is 3. The molecule has 2 aromatic heterocycles. The number of hydrogen-bond acceptors (Lipinski definition) is 19. The molecule has 0 aliphatic carbocycles. The van der Waals surface area contributed by atoms with Crippen LogP contribution in [0.4, 0.5) is 34.6 Å². The molecule has 0 aliphatic rings. The number of nitrogens with one attached hydrogen (secondary N) is 2. The van der Waals surface area contributed by atoms with Crippen molar-refractivity contribution in [3.05, 3.63) is 262 Å². The summed E-state index contributed by atoms with van der Waals surface area (Å²) in [5.41, 5.74) is 26.4. The number of aliphatic imine (C=N–C) groups is 1. The number of aromatic carboxylic acids is 1. The van der Waals surface area contributed by atoms with E-state index in [1.54, 1.807) is 29.3 Å². The summed E-state index contributed by atoms with van der Waals surface area (Å²) in [6.07, 6.45) is 3.04. The van der Waals surface area contributed by atoms with E-state index in [9.17, 15) is 54.3 Å². The average Bonchev–Trinajstić information content (AvgIpc) is 0.797. The Hall–Kier alpha value is -12.9. The van der Waals surface area contributed by atoms with Crippen LogP contribution < -0.4 is 27.8 Å². The van der Waals surface area contributed by atoms with Crippen molar-refractivity contribution in [2.75, 3.05) is 30.5 Å². The van der Waals surface area contributed by atoms with Gasteiger partial charge in [0.1, 0.15) is 28.6 Å². The Kier molecular flexibility index (Phi) is 41.3. The third-order valence-electron chi connectivity index (χ3n) is 13.8. The van der Waals surface area contributed by atoms with E-state index in [0.29, 0.717) is 34.3 Å². The molecular formula is C83H101N11O11. The van der Waals surface area contributed by atoms with Crippen LogP contribution in [-0.4, -0.2) is 105 Å². The fourth-order valence-corrected chi connectivity index (χ4v) is 8.48. The summed E-state index contributed by atoms with van der Waals surface area (Å²) >= 11 is 0. The molecule has 2 heterocycles. The van der Waals surface area contributed by atoms with Crippen LogP contribution in [0.5, 0.6) is 23.0 Å². The Bertz CT molecular complexity index is 4300. The molecule has 0 aliphatic heterocycles. The molecule has 0 fully saturated rings. The molecule has 0 atom stereocenters. The highest BCUT2D eigenvalue weighted by atomic mass is 16.4. The van der Waals surface area contributed by atoms with E-state index in [1.165, 1.54) is 88.4 Å². The van der Waals surface area contributed by atoms with Gasteiger partial charge >= 0.3 is 5.97 Å². The molecule has 22 heteroatoms. The minimum absolute atomic E-state index is 0.0256. The number of carbonyl (C=O) groups excluding carboxylic acids is 5. The highest BCUT2D eigenvalue weighted by molar-refractivity contribution is 6.07. The van der Waals surface area contributed by atoms with E-state index in [2.05, 4.69) is 35.6 Å². The Morgan fingerprint density at radius 3 is 1.10 bits per heavy atom. The first-order valence-corrected chi connectivity index (χ1v) is 33.8. The molecule has 0 saturated carbocycles. The van der Waals surface area contributed by atoms with Gasteiger partial charge in [0, 0.05) is 77.1 Å². The van der Waals surface area contributed by atoms with Gasteiger partial charge in [-0.25, -0.2) is 29.7 Å². The second kappa shape index (κ2) is 48.1. The Morgan fingerprint density at radius 1 is 0.429 bits per heavy atom. The summed E-state index contributed by atoms with van der Waals surface area (Å²) in [5, 5.41) is 53.8. The van der Waals surface area contributed by atoms with Crippen molar-refractivity contribution < 1.29 is 54.3 Å². The summed E-state index contributed by atoms with van der Waals surface area (Å²) in [4.78, 5) is 91.5. The molecule has 10 aromatic rings. The third-order valence-corrected chi connectivity index (χ3v) is 13.8. The molecule has 22 nitrogen and oxygen atoms in total. The van der Waals surface area contributed by atoms with Crippen molar-refractivity contribution in [3.63, 3.8) is 0 Å². The van der Waals surface area contributed by atoms with E-state index in [1.807, 2.05) is 219 Å². The van der Waals surface area contributed by atoms with Gasteiger partial charge in [0.15, 0.2) is 34.9 Å². The number of nitrogen functional groups attached to an aromatic ring is 1. The number of nitrogens with two attached hydrogens (primary N) is 3. The number of phenols is 4. The van der Waals surface area contributed by atoms with E-state index in [4.69, 9.17) is 17.2 Å². The summed E-state index contributed by atoms with van der Waals surface area (Å²) in [6.45, 7) is 29.1. The molecule has 0 radical (unpaired) electrons. The molecule has 105 heavy (non-hydrogen) atoms. The van der Waals surface area contributed by atoms with Gasteiger partial charge in [-0.1, -0.05) is 128 Å². The number of aromatic hydroxyl groups is 4. The van der Waals surface area contributed by atoms with Gasteiger partial charge in [-0.05, 0) is 188 Å². The van der Waals surface area contributed by atoms with E-state index in [-0.39, 0.29) is 80.1 Å². The predicted molar refractivity (Wildman–Crippen MR) is 425 cm³/mol. The average molecular weight is 1430 g/mol. The number of nitrogens with zero attached hydrogens (tertiary/aromatic N) is 6. The number of ketones is 5. The van der Waals surface area contributed by atoms with Gasteiger partial charge in [-0.2, -0.15) is 0 Å². The number of carboxylic acid groups (broad SMARTS) is 1. The summed E-state index contributed by atoms with van der Waals surface area (Å²) in [5.74, 6) is -1.72. The maximum Gasteiger partial charge on any atom is 0.339 e. The maximum absolute atomic E-state index is 11.7. The highest BCUT2D eigenvalue weighted by Crippen LogP contribution is 2.32.